The lowest BCUT2D eigenvalue weighted by Gasteiger charge is -2.13. The fraction of sp³-hybridized carbons (Fsp3) is 0.462. The quantitative estimate of drug-likeness (QED) is 0.731. The van der Waals surface area contributed by atoms with Gasteiger partial charge >= 0.3 is 0 Å². The highest BCUT2D eigenvalue weighted by molar-refractivity contribution is 5.36. The molecule has 0 aromatic carbocycles. The van der Waals surface area contributed by atoms with Crippen molar-refractivity contribution >= 4 is 0 Å². The minimum Gasteiger partial charge on any atom is -0.481 e. The first-order chi connectivity index (χ1) is 8.12. The lowest BCUT2D eigenvalue weighted by molar-refractivity contribution is 0.213. The van der Waals surface area contributed by atoms with Gasteiger partial charge in [0.05, 0.1) is 13.2 Å². The molecule has 0 aliphatic rings. The first kappa shape index (κ1) is 13.7. The molecule has 1 aromatic rings. The summed E-state index contributed by atoms with van der Waals surface area (Å²) in [4.78, 5) is 4.29. The third kappa shape index (κ3) is 3.54. The summed E-state index contributed by atoms with van der Waals surface area (Å²) in [6.07, 6.45) is 2.41. The van der Waals surface area contributed by atoms with E-state index in [1.807, 2.05) is 13.0 Å². The van der Waals surface area contributed by atoms with Crippen LogP contribution in [0.15, 0.2) is 18.7 Å². The SMILES string of the molecule is C=CC(O)CCc1cc(C)nc(OC)c1CN. The van der Waals surface area contributed by atoms with Crippen molar-refractivity contribution in [1.29, 1.82) is 0 Å². The highest BCUT2D eigenvalue weighted by atomic mass is 16.5. The first-order valence-corrected chi connectivity index (χ1v) is 5.66. The zero-order valence-electron chi connectivity index (χ0n) is 10.4. The Bertz CT molecular complexity index is 391. The van der Waals surface area contributed by atoms with E-state index >= 15 is 0 Å². The summed E-state index contributed by atoms with van der Waals surface area (Å²) in [5, 5.41) is 9.48. The number of hydrogen-bond acceptors (Lipinski definition) is 4. The fourth-order valence-electron chi connectivity index (χ4n) is 1.77. The number of aliphatic hydroxyl groups is 1. The van der Waals surface area contributed by atoms with Gasteiger partial charge in [-0.1, -0.05) is 6.08 Å². The van der Waals surface area contributed by atoms with Crippen LogP contribution in [0, 0.1) is 6.92 Å². The summed E-state index contributed by atoms with van der Waals surface area (Å²) < 4.78 is 5.22. The molecule has 0 saturated heterocycles. The Morgan fingerprint density at radius 3 is 2.88 bits per heavy atom. The van der Waals surface area contributed by atoms with Crippen molar-refractivity contribution in [2.75, 3.05) is 7.11 Å². The Morgan fingerprint density at radius 2 is 2.35 bits per heavy atom. The number of aryl methyl sites for hydroxylation is 2. The molecular weight excluding hydrogens is 216 g/mol. The van der Waals surface area contributed by atoms with Crippen LogP contribution in [0.25, 0.3) is 0 Å². The van der Waals surface area contributed by atoms with Crippen LogP contribution < -0.4 is 10.5 Å². The molecule has 1 aromatic heterocycles. The molecule has 0 saturated carbocycles. The monoisotopic (exact) mass is 236 g/mol. The zero-order chi connectivity index (χ0) is 12.8. The lowest BCUT2D eigenvalue weighted by atomic mass is 10.0. The van der Waals surface area contributed by atoms with Crippen LogP contribution in [0.2, 0.25) is 0 Å². The van der Waals surface area contributed by atoms with Crippen molar-refractivity contribution in [3.8, 4) is 5.88 Å². The molecule has 0 aliphatic heterocycles. The third-order valence-electron chi connectivity index (χ3n) is 2.69. The summed E-state index contributed by atoms with van der Waals surface area (Å²) in [6.45, 7) is 5.85. The van der Waals surface area contributed by atoms with Gasteiger partial charge in [0.15, 0.2) is 0 Å². The lowest BCUT2D eigenvalue weighted by Crippen LogP contribution is -2.10. The maximum Gasteiger partial charge on any atom is 0.218 e. The van der Waals surface area contributed by atoms with Crippen LogP contribution in [0.4, 0.5) is 0 Å². The predicted octanol–water partition coefficient (Wildman–Crippen LogP) is 1.34. The number of nitrogens with two attached hydrogens (primary N) is 1. The third-order valence-corrected chi connectivity index (χ3v) is 2.69. The van der Waals surface area contributed by atoms with Crippen LogP contribution in [0.1, 0.15) is 23.2 Å². The van der Waals surface area contributed by atoms with Gasteiger partial charge in [0.1, 0.15) is 0 Å². The van der Waals surface area contributed by atoms with E-state index in [0.717, 1.165) is 23.2 Å². The van der Waals surface area contributed by atoms with Gasteiger partial charge in [-0.25, -0.2) is 4.98 Å². The molecule has 94 valence electrons. The number of pyridine rings is 1. The number of aliphatic hydroxyl groups excluding tert-OH is 1. The smallest absolute Gasteiger partial charge is 0.218 e. The molecule has 1 rings (SSSR count). The van der Waals surface area contributed by atoms with E-state index in [1.54, 1.807) is 7.11 Å². The van der Waals surface area contributed by atoms with Crippen molar-refractivity contribution in [1.82, 2.24) is 4.98 Å². The van der Waals surface area contributed by atoms with Gasteiger partial charge in [0.2, 0.25) is 5.88 Å². The molecule has 0 aliphatic carbocycles. The Labute approximate surface area is 102 Å². The molecule has 17 heavy (non-hydrogen) atoms. The molecule has 3 N–H and O–H groups in total. The second kappa shape index (κ2) is 6.37. The van der Waals surface area contributed by atoms with E-state index in [1.165, 1.54) is 6.08 Å². The largest absolute Gasteiger partial charge is 0.481 e. The standard InChI is InChI=1S/C13H20N2O2/c1-4-11(16)6-5-10-7-9(2)15-13(17-3)12(10)8-14/h4,7,11,16H,1,5-6,8,14H2,2-3H3. The predicted molar refractivity (Wildman–Crippen MR) is 67.9 cm³/mol. The van der Waals surface area contributed by atoms with Gasteiger partial charge in [-0.3, -0.25) is 0 Å². The summed E-state index contributed by atoms with van der Waals surface area (Å²) >= 11 is 0. The maximum absolute atomic E-state index is 9.48. The molecule has 0 bridgehead atoms. The molecule has 4 nitrogen and oxygen atoms in total. The van der Waals surface area contributed by atoms with E-state index < -0.39 is 6.10 Å². The molecular formula is C13H20N2O2. The molecule has 4 heteroatoms. The van der Waals surface area contributed by atoms with Crippen molar-refractivity contribution in [3.05, 3.63) is 35.5 Å². The molecule has 1 atom stereocenters. The Kier molecular flexibility index (Phi) is 5.12. The normalized spacial score (nSPS) is 12.2. The summed E-state index contributed by atoms with van der Waals surface area (Å²) in [5.41, 5.74) is 8.60. The van der Waals surface area contributed by atoms with Crippen LogP contribution in [0.5, 0.6) is 5.88 Å². The highest BCUT2D eigenvalue weighted by Crippen LogP contribution is 2.22. The minimum atomic E-state index is -0.486. The second-order valence-electron chi connectivity index (χ2n) is 3.96. The van der Waals surface area contributed by atoms with E-state index in [-0.39, 0.29) is 0 Å². The molecule has 1 heterocycles. The van der Waals surface area contributed by atoms with Gasteiger partial charge in [-0.2, -0.15) is 0 Å². The molecule has 0 amide bonds. The van der Waals surface area contributed by atoms with Crippen molar-refractivity contribution < 1.29 is 9.84 Å². The molecule has 0 fully saturated rings. The van der Waals surface area contributed by atoms with E-state index in [4.69, 9.17) is 10.5 Å². The van der Waals surface area contributed by atoms with E-state index in [9.17, 15) is 5.11 Å². The number of hydrogen-bond donors (Lipinski definition) is 2. The fourth-order valence-corrected chi connectivity index (χ4v) is 1.77. The second-order valence-corrected chi connectivity index (χ2v) is 3.96. The number of ether oxygens (including phenoxy) is 1. The summed E-state index contributed by atoms with van der Waals surface area (Å²) in [7, 11) is 1.59. The zero-order valence-corrected chi connectivity index (χ0v) is 10.4. The average Bonchev–Trinajstić information content (AvgIpc) is 2.34. The number of methoxy groups -OCH3 is 1. The average molecular weight is 236 g/mol. The summed E-state index contributed by atoms with van der Waals surface area (Å²) in [6, 6.07) is 1.99. The molecule has 0 spiro atoms. The van der Waals surface area contributed by atoms with Crippen molar-refractivity contribution in [3.63, 3.8) is 0 Å². The van der Waals surface area contributed by atoms with Crippen molar-refractivity contribution in [2.24, 2.45) is 5.73 Å². The molecule has 1 unspecified atom stereocenters. The van der Waals surface area contributed by atoms with Gasteiger partial charge in [-0.15, -0.1) is 6.58 Å². The van der Waals surface area contributed by atoms with Gasteiger partial charge in [0, 0.05) is 17.8 Å². The number of nitrogens with zero attached hydrogens (tertiary/aromatic N) is 1. The van der Waals surface area contributed by atoms with Gasteiger partial charge in [-0.05, 0) is 31.4 Å². The molecule has 0 radical (unpaired) electrons. The van der Waals surface area contributed by atoms with Gasteiger partial charge < -0.3 is 15.6 Å². The van der Waals surface area contributed by atoms with Crippen LogP contribution in [0.3, 0.4) is 0 Å². The Hall–Kier alpha value is -1.39. The van der Waals surface area contributed by atoms with Gasteiger partial charge in [0.25, 0.3) is 0 Å². The number of rotatable bonds is 6. The minimum absolute atomic E-state index is 0.385. The summed E-state index contributed by atoms with van der Waals surface area (Å²) in [5.74, 6) is 0.579. The Morgan fingerprint density at radius 1 is 1.65 bits per heavy atom. The number of aromatic nitrogens is 1. The Balaban J connectivity index is 2.96. The first-order valence-electron chi connectivity index (χ1n) is 5.66. The maximum atomic E-state index is 9.48. The van der Waals surface area contributed by atoms with Crippen LogP contribution in [-0.4, -0.2) is 23.3 Å². The van der Waals surface area contributed by atoms with Crippen molar-refractivity contribution in [2.45, 2.75) is 32.4 Å². The van der Waals surface area contributed by atoms with Crippen LogP contribution >= 0.6 is 0 Å². The topological polar surface area (TPSA) is 68.4 Å². The van der Waals surface area contributed by atoms with E-state index in [2.05, 4.69) is 11.6 Å². The highest BCUT2D eigenvalue weighted by Gasteiger charge is 2.11. The van der Waals surface area contributed by atoms with Crippen LogP contribution in [-0.2, 0) is 13.0 Å². The van der Waals surface area contributed by atoms with E-state index in [0.29, 0.717) is 18.8 Å².